The second-order valence-electron chi connectivity index (χ2n) is 13.4. The van der Waals surface area contributed by atoms with Gasteiger partial charge in [-0.25, -0.2) is 0 Å². The third kappa shape index (κ3) is 1.65. The summed E-state index contributed by atoms with van der Waals surface area (Å²) in [6.07, 6.45) is 10.1. The molecule has 0 saturated heterocycles. The number of hydrogen-bond acceptors (Lipinski definition) is 0. The zero-order valence-electron chi connectivity index (χ0n) is 17.0. The Balaban J connectivity index is 0.00000264. The Hall–Kier alpha value is 0.0931. The van der Waals surface area contributed by atoms with Crippen molar-refractivity contribution in [1.29, 1.82) is 0 Å². The minimum atomic E-state index is -5.19. The predicted octanol–water partition coefficient (Wildman–Crippen LogP) is 7.25. The number of aromatic amines is 1. The summed E-state index contributed by atoms with van der Waals surface area (Å²) < 4.78 is 15.2. The Morgan fingerprint density at radius 1 is 1.04 bits per heavy atom. The number of nitrogens with one attached hydrogen (secondary N) is 1. The van der Waals surface area contributed by atoms with Crippen molar-refractivity contribution in [3.63, 3.8) is 0 Å². The first-order valence-corrected chi connectivity index (χ1v) is 23.5. The fourth-order valence-electron chi connectivity index (χ4n) is 5.05. The molecule has 0 bridgehead atoms. The third-order valence-corrected chi connectivity index (χ3v) is 62.9. The zero-order valence-corrected chi connectivity index (χ0v) is 21.1. The van der Waals surface area contributed by atoms with Gasteiger partial charge >= 0.3 is 128 Å². The fraction of sp³-hybridized carbons (Fsp3) is 0.550. The van der Waals surface area contributed by atoms with Crippen LogP contribution in [0.5, 0.6) is 0 Å². The molecule has 1 aliphatic rings. The summed E-state index contributed by atoms with van der Waals surface area (Å²) in [5, 5.41) is 0. The summed E-state index contributed by atoms with van der Waals surface area (Å²) in [4.78, 5) is 3.69. The first kappa shape index (κ1) is 24.1. The molecule has 0 atom stereocenters. The summed E-state index contributed by atoms with van der Waals surface area (Å²) in [7, 11) is 0. The number of H-pyrrole nitrogens is 1. The van der Waals surface area contributed by atoms with Crippen molar-refractivity contribution in [2.45, 2.75) is 62.7 Å². The number of allylic oxidation sites excluding steroid dienone is 4. The van der Waals surface area contributed by atoms with Crippen LogP contribution in [-0.2, 0) is 13.8 Å². The van der Waals surface area contributed by atoms with Crippen molar-refractivity contribution in [2.75, 3.05) is 0 Å². The molecule has 0 radical (unpaired) electrons. The van der Waals surface area contributed by atoms with Crippen LogP contribution < -0.4 is 3.40 Å². The summed E-state index contributed by atoms with van der Waals surface area (Å²) in [5.74, 6) is 0. The van der Waals surface area contributed by atoms with Crippen LogP contribution in [0.25, 0.3) is 0 Å². The van der Waals surface area contributed by atoms with Gasteiger partial charge in [0.15, 0.2) is 0 Å². The molecule has 24 heavy (non-hydrogen) atoms. The van der Waals surface area contributed by atoms with E-state index in [0.29, 0.717) is 0 Å². The van der Waals surface area contributed by atoms with Gasteiger partial charge in [0.25, 0.3) is 0 Å². The van der Waals surface area contributed by atoms with E-state index in [2.05, 4.69) is 94.7 Å². The van der Waals surface area contributed by atoms with Crippen LogP contribution in [0, 0.1) is 0 Å². The molecular formula is C20H38Cl2NZr. The van der Waals surface area contributed by atoms with Crippen LogP contribution in [0.2, 0.25) is 21.6 Å². The minimum Gasteiger partial charge on any atom is -0.147 e. The van der Waals surface area contributed by atoms with Gasteiger partial charge in [0.1, 0.15) is 0 Å². The van der Waals surface area contributed by atoms with E-state index in [0.717, 1.165) is 6.42 Å². The molecule has 2 rings (SSSR count). The Bertz CT molecular complexity index is 866. The van der Waals surface area contributed by atoms with E-state index >= 15 is 0 Å². The van der Waals surface area contributed by atoms with Gasteiger partial charge in [-0.15, -0.1) is 24.8 Å². The molecule has 4 heteroatoms. The van der Waals surface area contributed by atoms with Crippen LogP contribution in [-0.4, -0.2) is 8.19 Å². The van der Waals surface area contributed by atoms with Crippen molar-refractivity contribution in [3.8, 4) is 0 Å². The molecule has 0 aromatic carbocycles. The molecule has 1 nitrogen and oxygen atoms in total. The Labute approximate surface area is 152 Å². The van der Waals surface area contributed by atoms with Gasteiger partial charge in [0, 0.05) is 0 Å². The maximum absolute atomic E-state index is 5.19. The first-order chi connectivity index (χ1) is 9.49. The van der Waals surface area contributed by atoms with Gasteiger partial charge in [-0.1, -0.05) is 0 Å². The van der Waals surface area contributed by atoms with E-state index in [9.17, 15) is 0 Å². The fourth-order valence-corrected chi connectivity index (χ4v) is 27.0. The molecule has 141 valence electrons. The van der Waals surface area contributed by atoms with Crippen molar-refractivity contribution in [2.24, 2.45) is 0 Å². The second-order valence-corrected chi connectivity index (χ2v) is 60.6. The standard InChI is InChI=1S/C5H5.C4H4N.C4H9.C3H6.4CH3.2ClH.Zr/c2*1-2-4-5-3-1;1-4(2)3;1-3-2;;;;;;;/h1-3H,4H2;1-3,5H;1-3H3;1-2H3;4*1H3;2*1H;. The SMILES string of the molecule is C[C](C)=[Zr]([CH3])([CH3])([CH3])([CH3])([C]1=CC=CC1)([c]1ccc[nH]1)[C](C)(C)C.Cl.Cl. The summed E-state index contributed by atoms with van der Waals surface area (Å²) in [6.45, 7) is 12.1. The Morgan fingerprint density at radius 2 is 1.58 bits per heavy atom. The van der Waals surface area contributed by atoms with Crippen LogP contribution in [0.15, 0.2) is 39.8 Å². The topological polar surface area (TPSA) is 15.8 Å². The average Bonchev–Trinajstić information content (AvgIpc) is 3.03. The van der Waals surface area contributed by atoms with E-state index in [1.165, 1.54) is 3.40 Å². The molecule has 0 amide bonds. The van der Waals surface area contributed by atoms with E-state index in [4.69, 9.17) is 0 Å². The molecule has 1 aromatic heterocycles. The summed E-state index contributed by atoms with van der Waals surface area (Å²) >= 11 is -5.19. The molecule has 1 aliphatic carbocycles. The van der Waals surface area contributed by atoms with E-state index < -0.39 is 13.8 Å². The van der Waals surface area contributed by atoms with Gasteiger partial charge in [0.2, 0.25) is 0 Å². The van der Waals surface area contributed by atoms with Gasteiger partial charge in [-0.05, 0) is 0 Å². The molecule has 0 fully saturated rings. The number of aromatic nitrogens is 1. The van der Waals surface area contributed by atoms with E-state index in [-0.39, 0.29) is 27.9 Å². The largest absolute Gasteiger partial charge is 0.147 e. The smallest absolute Gasteiger partial charge is 0.147 e. The minimum absolute atomic E-state index is 0. The van der Waals surface area contributed by atoms with Gasteiger partial charge in [-0.3, -0.25) is 0 Å². The first-order valence-electron chi connectivity index (χ1n) is 8.71. The molecule has 0 unspecified atom stereocenters. The summed E-state index contributed by atoms with van der Waals surface area (Å²) in [5.41, 5.74) is 0. The third-order valence-electron chi connectivity index (χ3n) is 11.5. The number of halogens is 2. The van der Waals surface area contributed by atoms with Gasteiger partial charge in [0.05, 0.1) is 0 Å². The second kappa shape index (κ2) is 4.32. The quantitative estimate of drug-likeness (QED) is 0.484. The molecule has 0 aliphatic heterocycles. The van der Waals surface area contributed by atoms with E-state index in [1.807, 2.05) is 0 Å². The number of hydrogen-bond donors (Lipinski definition) is 1. The van der Waals surface area contributed by atoms with Crippen molar-refractivity contribution >= 4 is 31.4 Å². The zero-order chi connectivity index (χ0) is 17.2. The predicted molar refractivity (Wildman–Crippen MR) is 116 cm³/mol. The van der Waals surface area contributed by atoms with Crippen molar-refractivity contribution < 1.29 is 13.8 Å². The molecule has 1 N–H and O–H groups in total. The van der Waals surface area contributed by atoms with E-state index in [1.54, 1.807) is 6.49 Å². The van der Waals surface area contributed by atoms with Crippen LogP contribution in [0.4, 0.5) is 0 Å². The average molecular weight is 455 g/mol. The normalized spacial score (nSPS) is 21.1. The molecule has 1 aromatic rings. The van der Waals surface area contributed by atoms with Gasteiger partial charge < -0.3 is 0 Å². The van der Waals surface area contributed by atoms with Crippen LogP contribution >= 0.6 is 24.8 Å². The van der Waals surface area contributed by atoms with Crippen LogP contribution in [0.1, 0.15) is 41.0 Å². The monoisotopic (exact) mass is 452 g/mol. The Morgan fingerprint density at radius 3 is 1.88 bits per heavy atom. The maximum atomic E-state index is 3.69. The molecule has 1 heterocycles. The molecule has 0 spiro atoms. The number of rotatable bonds is 2. The van der Waals surface area contributed by atoms with Crippen LogP contribution in [0.3, 0.4) is 0 Å². The van der Waals surface area contributed by atoms with Crippen molar-refractivity contribution in [1.82, 2.24) is 4.98 Å². The van der Waals surface area contributed by atoms with Gasteiger partial charge in [-0.2, -0.15) is 0 Å². The summed E-state index contributed by atoms with van der Waals surface area (Å²) in [6, 6.07) is 4.50. The molecular weight excluding hydrogens is 416 g/mol. The van der Waals surface area contributed by atoms with Crippen molar-refractivity contribution in [3.05, 3.63) is 39.8 Å². The maximum Gasteiger partial charge on any atom is -0.147 e. The Kier molecular flexibility index (Phi) is 4.33. The molecule has 0 saturated carbocycles.